The second-order valence-electron chi connectivity index (χ2n) is 5.78. The van der Waals surface area contributed by atoms with Crippen molar-refractivity contribution in [3.05, 3.63) is 30.1 Å². The number of amides is 1. The Balaban J connectivity index is 1.72. The van der Waals surface area contributed by atoms with Crippen LogP contribution in [0.5, 0.6) is 0 Å². The number of carbonyl (C=O) groups excluding carboxylic acids is 1. The van der Waals surface area contributed by atoms with Gasteiger partial charge in [-0.25, -0.2) is 0 Å². The molecule has 1 fully saturated rings. The van der Waals surface area contributed by atoms with Gasteiger partial charge in [0.05, 0.1) is 11.7 Å². The fourth-order valence-corrected chi connectivity index (χ4v) is 2.71. The van der Waals surface area contributed by atoms with Gasteiger partial charge >= 0.3 is 0 Å². The van der Waals surface area contributed by atoms with E-state index in [0.717, 1.165) is 51.0 Å². The molecule has 0 saturated carbocycles. The summed E-state index contributed by atoms with van der Waals surface area (Å²) in [6.07, 6.45) is 5.49. The topological polar surface area (TPSA) is 71.2 Å². The molecular weight excluding hydrogens is 264 g/mol. The van der Waals surface area contributed by atoms with Crippen LogP contribution in [0.15, 0.2) is 24.4 Å². The minimum Gasteiger partial charge on any atom is -0.352 e. The van der Waals surface area contributed by atoms with E-state index in [-0.39, 0.29) is 18.0 Å². The second kappa shape index (κ2) is 8.10. The largest absolute Gasteiger partial charge is 0.352 e. The summed E-state index contributed by atoms with van der Waals surface area (Å²) in [5.41, 5.74) is 6.95. The SMILES string of the molecule is CCCC(N)C(=O)NC1CCN(Cc2ccccn2)CC1. The van der Waals surface area contributed by atoms with Crippen molar-refractivity contribution in [3.8, 4) is 0 Å². The Kier molecular flexibility index (Phi) is 6.14. The van der Waals surface area contributed by atoms with E-state index in [2.05, 4.69) is 21.3 Å². The summed E-state index contributed by atoms with van der Waals surface area (Å²) in [5.74, 6) is 0.0000241. The number of rotatable bonds is 6. The van der Waals surface area contributed by atoms with Gasteiger partial charge in [-0.05, 0) is 31.4 Å². The maximum Gasteiger partial charge on any atom is 0.237 e. The molecule has 5 heteroatoms. The van der Waals surface area contributed by atoms with Crippen LogP contribution in [-0.2, 0) is 11.3 Å². The highest BCUT2D eigenvalue weighted by atomic mass is 16.2. The van der Waals surface area contributed by atoms with Gasteiger partial charge in [0.2, 0.25) is 5.91 Å². The van der Waals surface area contributed by atoms with E-state index in [0.29, 0.717) is 0 Å². The molecule has 1 unspecified atom stereocenters. The number of nitrogens with zero attached hydrogens (tertiary/aromatic N) is 2. The van der Waals surface area contributed by atoms with Crippen LogP contribution < -0.4 is 11.1 Å². The van der Waals surface area contributed by atoms with Gasteiger partial charge in [0.15, 0.2) is 0 Å². The molecule has 5 nitrogen and oxygen atoms in total. The quantitative estimate of drug-likeness (QED) is 0.828. The van der Waals surface area contributed by atoms with Crippen molar-refractivity contribution in [1.29, 1.82) is 0 Å². The molecule has 1 atom stereocenters. The summed E-state index contributed by atoms with van der Waals surface area (Å²) in [6, 6.07) is 5.91. The number of carbonyl (C=O) groups is 1. The smallest absolute Gasteiger partial charge is 0.237 e. The van der Waals surface area contributed by atoms with E-state index in [4.69, 9.17) is 5.73 Å². The van der Waals surface area contributed by atoms with Crippen LogP contribution in [0.3, 0.4) is 0 Å². The zero-order valence-electron chi connectivity index (χ0n) is 12.8. The summed E-state index contributed by atoms with van der Waals surface area (Å²) in [4.78, 5) is 18.7. The summed E-state index contributed by atoms with van der Waals surface area (Å²) >= 11 is 0. The lowest BCUT2D eigenvalue weighted by Crippen LogP contribution is -2.49. The third-order valence-corrected chi connectivity index (χ3v) is 3.98. The van der Waals surface area contributed by atoms with Gasteiger partial charge in [-0.2, -0.15) is 0 Å². The number of aromatic nitrogens is 1. The molecule has 1 aliphatic heterocycles. The van der Waals surface area contributed by atoms with Crippen molar-refractivity contribution in [2.45, 2.75) is 51.2 Å². The van der Waals surface area contributed by atoms with Crippen molar-refractivity contribution in [2.75, 3.05) is 13.1 Å². The van der Waals surface area contributed by atoms with Gasteiger partial charge in [-0.1, -0.05) is 19.4 Å². The van der Waals surface area contributed by atoms with Crippen molar-refractivity contribution in [2.24, 2.45) is 5.73 Å². The minimum atomic E-state index is -0.360. The van der Waals surface area contributed by atoms with Crippen molar-refractivity contribution >= 4 is 5.91 Å². The monoisotopic (exact) mass is 290 g/mol. The first-order valence-electron chi connectivity index (χ1n) is 7.87. The number of pyridine rings is 1. The van der Waals surface area contributed by atoms with Crippen molar-refractivity contribution in [3.63, 3.8) is 0 Å². The Hall–Kier alpha value is -1.46. The van der Waals surface area contributed by atoms with Crippen LogP contribution in [0.2, 0.25) is 0 Å². The summed E-state index contributed by atoms with van der Waals surface area (Å²) in [5, 5.41) is 3.08. The zero-order valence-corrected chi connectivity index (χ0v) is 12.8. The predicted molar refractivity (Wildman–Crippen MR) is 83.6 cm³/mol. The molecule has 2 heterocycles. The highest BCUT2D eigenvalue weighted by molar-refractivity contribution is 5.81. The van der Waals surface area contributed by atoms with Crippen LogP contribution in [0.4, 0.5) is 0 Å². The highest BCUT2D eigenvalue weighted by Gasteiger charge is 2.22. The molecule has 0 aliphatic carbocycles. The fraction of sp³-hybridized carbons (Fsp3) is 0.625. The summed E-state index contributed by atoms with van der Waals surface area (Å²) < 4.78 is 0. The van der Waals surface area contributed by atoms with Gasteiger partial charge in [-0.15, -0.1) is 0 Å². The van der Waals surface area contributed by atoms with E-state index in [1.165, 1.54) is 0 Å². The number of nitrogens with two attached hydrogens (primary N) is 1. The maximum absolute atomic E-state index is 11.9. The molecule has 0 spiro atoms. The number of likely N-dealkylation sites (tertiary alicyclic amines) is 1. The summed E-state index contributed by atoms with van der Waals surface area (Å²) in [7, 11) is 0. The number of piperidine rings is 1. The van der Waals surface area contributed by atoms with E-state index < -0.39 is 0 Å². The molecule has 21 heavy (non-hydrogen) atoms. The molecule has 3 N–H and O–H groups in total. The van der Waals surface area contributed by atoms with Crippen LogP contribution >= 0.6 is 0 Å². The van der Waals surface area contributed by atoms with Crippen LogP contribution in [-0.4, -0.2) is 41.0 Å². The number of hydrogen-bond acceptors (Lipinski definition) is 4. The Labute approximate surface area is 126 Å². The molecule has 116 valence electrons. The molecule has 1 saturated heterocycles. The Morgan fingerprint density at radius 2 is 2.24 bits per heavy atom. The third-order valence-electron chi connectivity index (χ3n) is 3.98. The zero-order chi connectivity index (χ0) is 15.1. The Morgan fingerprint density at radius 3 is 2.86 bits per heavy atom. The molecule has 0 radical (unpaired) electrons. The standard InChI is InChI=1S/C16H26N4O/c1-2-5-15(17)16(21)19-13-7-10-20(11-8-13)12-14-6-3-4-9-18-14/h3-4,6,9,13,15H,2,5,7-8,10-12,17H2,1H3,(H,19,21). The lowest BCUT2D eigenvalue weighted by Gasteiger charge is -2.32. The molecule has 1 aliphatic rings. The first-order valence-corrected chi connectivity index (χ1v) is 7.87. The van der Waals surface area contributed by atoms with Crippen LogP contribution in [0, 0.1) is 0 Å². The Morgan fingerprint density at radius 1 is 1.48 bits per heavy atom. The average Bonchev–Trinajstić information content (AvgIpc) is 2.50. The third kappa shape index (κ3) is 5.10. The number of nitrogens with one attached hydrogen (secondary N) is 1. The van der Waals surface area contributed by atoms with E-state index in [9.17, 15) is 4.79 Å². The Bertz CT molecular complexity index is 429. The molecule has 0 aromatic carbocycles. The minimum absolute atomic E-state index is 0.0000241. The lowest BCUT2D eigenvalue weighted by atomic mass is 10.0. The molecule has 1 aromatic heterocycles. The van der Waals surface area contributed by atoms with Gasteiger partial charge in [0, 0.05) is 31.9 Å². The van der Waals surface area contributed by atoms with Gasteiger partial charge in [0.1, 0.15) is 0 Å². The van der Waals surface area contributed by atoms with Gasteiger partial charge in [-0.3, -0.25) is 14.7 Å². The maximum atomic E-state index is 11.9. The van der Waals surface area contributed by atoms with Crippen LogP contribution in [0.25, 0.3) is 0 Å². The fourth-order valence-electron chi connectivity index (χ4n) is 2.71. The van der Waals surface area contributed by atoms with E-state index in [1.807, 2.05) is 25.3 Å². The predicted octanol–water partition coefficient (Wildman–Crippen LogP) is 1.29. The second-order valence-corrected chi connectivity index (χ2v) is 5.78. The highest BCUT2D eigenvalue weighted by Crippen LogP contribution is 2.13. The van der Waals surface area contributed by atoms with Crippen LogP contribution in [0.1, 0.15) is 38.3 Å². The van der Waals surface area contributed by atoms with Crippen molar-refractivity contribution in [1.82, 2.24) is 15.2 Å². The molecule has 1 amide bonds. The van der Waals surface area contributed by atoms with E-state index in [1.54, 1.807) is 0 Å². The van der Waals surface area contributed by atoms with Crippen molar-refractivity contribution < 1.29 is 4.79 Å². The molecule has 1 aromatic rings. The van der Waals surface area contributed by atoms with Gasteiger partial charge in [0.25, 0.3) is 0 Å². The average molecular weight is 290 g/mol. The first-order chi connectivity index (χ1) is 10.2. The molecular formula is C16H26N4O. The molecule has 0 bridgehead atoms. The lowest BCUT2D eigenvalue weighted by molar-refractivity contribution is -0.123. The van der Waals surface area contributed by atoms with E-state index >= 15 is 0 Å². The normalized spacial score (nSPS) is 18.4. The number of hydrogen-bond donors (Lipinski definition) is 2. The first kappa shape index (κ1) is 15.9. The van der Waals surface area contributed by atoms with Gasteiger partial charge < -0.3 is 11.1 Å². The molecule has 2 rings (SSSR count). The summed E-state index contributed by atoms with van der Waals surface area (Å²) in [6.45, 7) is 4.91.